The molecule has 0 radical (unpaired) electrons. The summed E-state index contributed by atoms with van der Waals surface area (Å²) in [5.74, 6) is -0.00118. The van der Waals surface area contributed by atoms with E-state index < -0.39 is 0 Å². The maximum atomic E-state index is 11.7. The van der Waals surface area contributed by atoms with Crippen LogP contribution in [0.15, 0.2) is 42.7 Å². The minimum absolute atomic E-state index is 0.00118. The van der Waals surface area contributed by atoms with Gasteiger partial charge in [0, 0.05) is 21.5 Å². The SMILES string of the molecule is CCCn1c(Sc2ccc(Br)cc2/C(N)=N/O)n[nH]c1=O. The monoisotopic (exact) mass is 371 g/mol. The number of aromatic nitrogens is 3. The summed E-state index contributed by atoms with van der Waals surface area (Å²) in [6.45, 7) is 2.56. The van der Waals surface area contributed by atoms with Crippen LogP contribution in [-0.2, 0) is 6.54 Å². The van der Waals surface area contributed by atoms with Crippen molar-refractivity contribution in [3.63, 3.8) is 0 Å². The number of nitrogens with two attached hydrogens (primary N) is 1. The van der Waals surface area contributed by atoms with E-state index in [0.29, 0.717) is 17.3 Å². The summed E-state index contributed by atoms with van der Waals surface area (Å²) >= 11 is 4.63. The maximum Gasteiger partial charge on any atom is 0.343 e. The number of amidine groups is 1. The van der Waals surface area contributed by atoms with Crippen LogP contribution in [0.4, 0.5) is 0 Å². The first-order valence-electron chi connectivity index (χ1n) is 6.17. The Kier molecular flexibility index (Phi) is 5.07. The normalized spacial score (nSPS) is 11.8. The van der Waals surface area contributed by atoms with Crippen molar-refractivity contribution < 1.29 is 5.21 Å². The second kappa shape index (κ2) is 6.81. The quantitative estimate of drug-likeness (QED) is 0.322. The van der Waals surface area contributed by atoms with Gasteiger partial charge in [-0.3, -0.25) is 4.57 Å². The molecule has 0 aliphatic carbocycles. The summed E-state index contributed by atoms with van der Waals surface area (Å²) in [5.41, 5.74) is 6.01. The van der Waals surface area contributed by atoms with Crippen molar-refractivity contribution in [2.45, 2.75) is 29.9 Å². The number of benzene rings is 1. The first-order valence-corrected chi connectivity index (χ1v) is 7.78. The average molecular weight is 372 g/mol. The Balaban J connectivity index is 2.43. The molecule has 0 fully saturated rings. The molecule has 2 rings (SSSR count). The highest BCUT2D eigenvalue weighted by molar-refractivity contribution is 9.10. The van der Waals surface area contributed by atoms with Gasteiger partial charge in [0.15, 0.2) is 11.0 Å². The Labute approximate surface area is 133 Å². The number of hydrogen-bond donors (Lipinski definition) is 3. The van der Waals surface area contributed by atoms with E-state index in [1.54, 1.807) is 10.6 Å². The van der Waals surface area contributed by atoms with Gasteiger partial charge in [-0.15, -0.1) is 5.10 Å². The zero-order chi connectivity index (χ0) is 15.4. The number of oxime groups is 1. The summed E-state index contributed by atoms with van der Waals surface area (Å²) in [6.07, 6.45) is 0.820. The third-order valence-electron chi connectivity index (χ3n) is 2.70. The third-order valence-corrected chi connectivity index (χ3v) is 4.26. The van der Waals surface area contributed by atoms with Crippen molar-refractivity contribution in [2.24, 2.45) is 10.9 Å². The molecule has 0 amide bonds. The summed E-state index contributed by atoms with van der Waals surface area (Å²) in [6, 6.07) is 5.40. The number of halogens is 1. The lowest BCUT2D eigenvalue weighted by atomic mass is 10.2. The van der Waals surface area contributed by atoms with E-state index in [2.05, 4.69) is 31.3 Å². The van der Waals surface area contributed by atoms with E-state index >= 15 is 0 Å². The van der Waals surface area contributed by atoms with Gasteiger partial charge in [-0.1, -0.05) is 28.0 Å². The molecule has 0 atom stereocenters. The molecule has 1 aromatic carbocycles. The Morgan fingerprint density at radius 1 is 1.62 bits per heavy atom. The van der Waals surface area contributed by atoms with Crippen LogP contribution in [-0.4, -0.2) is 25.8 Å². The second-order valence-electron chi connectivity index (χ2n) is 4.19. The Morgan fingerprint density at radius 3 is 3.05 bits per heavy atom. The van der Waals surface area contributed by atoms with Crippen molar-refractivity contribution in [1.29, 1.82) is 0 Å². The molecule has 0 unspecified atom stereocenters. The predicted molar refractivity (Wildman–Crippen MR) is 83.9 cm³/mol. The van der Waals surface area contributed by atoms with Gasteiger partial charge in [-0.25, -0.2) is 9.89 Å². The highest BCUT2D eigenvalue weighted by atomic mass is 79.9. The van der Waals surface area contributed by atoms with Crippen LogP contribution in [0.5, 0.6) is 0 Å². The van der Waals surface area contributed by atoms with Gasteiger partial charge < -0.3 is 10.9 Å². The highest BCUT2D eigenvalue weighted by Gasteiger charge is 2.14. The number of nitrogens with zero attached hydrogens (tertiary/aromatic N) is 3. The molecule has 2 aromatic rings. The predicted octanol–water partition coefficient (Wildman–Crippen LogP) is 1.99. The van der Waals surface area contributed by atoms with Crippen LogP contribution in [0.25, 0.3) is 0 Å². The van der Waals surface area contributed by atoms with Crippen molar-refractivity contribution in [3.8, 4) is 0 Å². The summed E-state index contributed by atoms with van der Waals surface area (Å²) in [5, 5.41) is 18.9. The van der Waals surface area contributed by atoms with Crippen LogP contribution >= 0.6 is 27.7 Å². The molecular formula is C12H14BrN5O2S. The standard InChI is InChI=1S/C12H14BrN5O2S/c1-2-5-18-11(19)15-16-12(18)21-9-4-3-7(13)6-8(9)10(14)17-20/h3-4,6,20H,2,5H2,1H3,(H2,14,17)(H,15,19). The van der Waals surface area contributed by atoms with E-state index in [0.717, 1.165) is 15.8 Å². The lowest BCUT2D eigenvalue weighted by Crippen LogP contribution is -2.17. The molecule has 7 nitrogen and oxygen atoms in total. The minimum atomic E-state index is -0.248. The van der Waals surface area contributed by atoms with Crippen LogP contribution in [0.2, 0.25) is 0 Å². The number of aromatic amines is 1. The van der Waals surface area contributed by atoms with Crippen molar-refractivity contribution in [1.82, 2.24) is 14.8 Å². The first kappa shape index (κ1) is 15.6. The first-order chi connectivity index (χ1) is 10.1. The van der Waals surface area contributed by atoms with Gasteiger partial charge in [-0.05, 0) is 36.4 Å². The van der Waals surface area contributed by atoms with Crippen molar-refractivity contribution in [2.75, 3.05) is 0 Å². The topological polar surface area (TPSA) is 109 Å². The molecule has 0 aliphatic rings. The smallest absolute Gasteiger partial charge is 0.343 e. The average Bonchev–Trinajstić information content (AvgIpc) is 2.81. The lowest BCUT2D eigenvalue weighted by Gasteiger charge is -2.08. The summed E-state index contributed by atoms with van der Waals surface area (Å²) in [7, 11) is 0. The molecule has 0 saturated heterocycles. The van der Waals surface area contributed by atoms with Gasteiger partial charge >= 0.3 is 5.69 Å². The molecule has 0 spiro atoms. The van der Waals surface area contributed by atoms with Gasteiger partial charge in [0.25, 0.3) is 0 Å². The number of hydrogen-bond acceptors (Lipinski definition) is 5. The highest BCUT2D eigenvalue weighted by Crippen LogP contribution is 2.30. The minimum Gasteiger partial charge on any atom is -0.409 e. The number of H-pyrrole nitrogens is 1. The molecule has 4 N–H and O–H groups in total. The van der Waals surface area contributed by atoms with Crippen LogP contribution < -0.4 is 11.4 Å². The van der Waals surface area contributed by atoms with Crippen LogP contribution in [0.3, 0.4) is 0 Å². The van der Waals surface area contributed by atoms with E-state index in [1.165, 1.54) is 11.8 Å². The van der Waals surface area contributed by atoms with Gasteiger partial charge in [-0.2, -0.15) is 0 Å². The second-order valence-corrected chi connectivity index (χ2v) is 6.12. The fraction of sp³-hybridized carbons (Fsp3) is 0.250. The molecule has 112 valence electrons. The fourth-order valence-electron chi connectivity index (χ4n) is 1.75. The van der Waals surface area contributed by atoms with Gasteiger partial charge in [0.2, 0.25) is 0 Å². The Hall–Kier alpha value is -1.74. The fourth-order valence-corrected chi connectivity index (χ4v) is 3.09. The van der Waals surface area contributed by atoms with Gasteiger partial charge in [0.05, 0.1) is 0 Å². The van der Waals surface area contributed by atoms with E-state index in [1.807, 2.05) is 19.1 Å². The number of nitrogens with one attached hydrogen (secondary N) is 1. The Bertz CT molecular complexity index is 725. The molecule has 0 saturated carbocycles. The Morgan fingerprint density at radius 2 is 2.38 bits per heavy atom. The van der Waals surface area contributed by atoms with Crippen LogP contribution in [0, 0.1) is 0 Å². The third kappa shape index (κ3) is 3.48. The summed E-state index contributed by atoms with van der Waals surface area (Å²) in [4.78, 5) is 12.4. The van der Waals surface area contributed by atoms with E-state index in [4.69, 9.17) is 10.9 Å². The molecular weight excluding hydrogens is 358 g/mol. The van der Waals surface area contributed by atoms with Crippen LogP contribution in [0.1, 0.15) is 18.9 Å². The molecule has 1 aromatic heterocycles. The largest absolute Gasteiger partial charge is 0.409 e. The summed E-state index contributed by atoms with van der Waals surface area (Å²) < 4.78 is 2.37. The molecule has 21 heavy (non-hydrogen) atoms. The lowest BCUT2D eigenvalue weighted by molar-refractivity contribution is 0.318. The molecule has 1 heterocycles. The molecule has 0 bridgehead atoms. The number of rotatable bonds is 5. The van der Waals surface area contributed by atoms with Crippen molar-refractivity contribution >= 4 is 33.5 Å². The maximum absolute atomic E-state index is 11.7. The zero-order valence-electron chi connectivity index (χ0n) is 11.2. The van der Waals surface area contributed by atoms with E-state index in [-0.39, 0.29) is 11.5 Å². The zero-order valence-corrected chi connectivity index (χ0v) is 13.6. The molecule has 0 aliphatic heterocycles. The van der Waals surface area contributed by atoms with E-state index in [9.17, 15) is 4.79 Å². The van der Waals surface area contributed by atoms with Gasteiger partial charge in [0.1, 0.15) is 0 Å². The molecule has 9 heteroatoms. The van der Waals surface area contributed by atoms with Crippen molar-refractivity contribution in [3.05, 3.63) is 38.7 Å².